The normalized spacial score (nSPS) is 11.5. The summed E-state index contributed by atoms with van der Waals surface area (Å²) in [7, 11) is -2.48. The van der Waals surface area contributed by atoms with E-state index >= 15 is 0 Å². The molecule has 0 aromatic heterocycles. The number of likely N-dealkylation sites (N-methyl/N-ethyl adjacent to an activating group) is 1. The van der Waals surface area contributed by atoms with Crippen molar-refractivity contribution in [2.45, 2.75) is 18.2 Å². The number of benzene rings is 2. The molecule has 0 aliphatic rings. The number of para-hydroxylation sites is 1. The summed E-state index contributed by atoms with van der Waals surface area (Å²) in [6.07, 6.45) is 0.768. The highest BCUT2D eigenvalue weighted by molar-refractivity contribution is 7.89. The molecule has 7 heteroatoms. The molecule has 5 nitrogen and oxygen atoms in total. The number of hydrogen-bond donors (Lipinski definition) is 1. The van der Waals surface area contributed by atoms with E-state index in [0.717, 1.165) is 16.3 Å². The molecule has 0 saturated carbocycles. The van der Waals surface area contributed by atoms with Crippen LogP contribution in [0.4, 0.5) is 5.69 Å². The largest absolute Gasteiger partial charge is 0.325 e. The first-order valence-corrected chi connectivity index (χ1v) is 9.26. The topological polar surface area (TPSA) is 66.5 Å². The highest BCUT2D eigenvalue weighted by atomic mass is 35.5. The summed E-state index contributed by atoms with van der Waals surface area (Å²) in [4.78, 5) is 12.2. The molecule has 0 aliphatic heterocycles. The zero-order valence-corrected chi connectivity index (χ0v) is 15.1. The number of anilines is 1. The van der Waals surface area contributed by atoms with Gasteiger partial charge in [-0.05, 0) is 30.2 Å². The van der Waals surface area contributed by atoms with Gasteiger partial charge in [0.1, 0.15) is 4.90 Å². The molecule has 0 fully saturated rings. The fourth-order valence-corrected chi connectivity index (χ4v) is 3.87. The number of sulfonamides is 1. The van der Waals surface area contributed by atoms with Crippen molar-refractivity contribution < 1.29 is 13.2 Å². The lowest BCUT2D eigenvalue weighted by Crippen LogP contribution is -2.35. The van der Waals surface area contributed by atoms with E-state index in [2.05, 4.69) is 5.32 Å². The van der Waals surface area contributed by atoms with Crippen LogP contribution < -0.4 is 5.32 Å². The molecule has 1 amide bonds. The second kappa shape index (κ2) is 7.79. The molecule has 0 spiro atoms. The molecular weight excluding hydrogens is 348 g/mol. The fourth-order valence-electron chi connectivity index (χ4n) is 2.25. The predicted octanol–water partition coefficient (Wildman–Crippen LogP) is 3.16. The quantitative estimate of drug-likeness (QED) is 0.853. The molecule has 128 valence electrons. The summed E-state index contributed by atoms with van der Waals surface area (Å²) < 4.78 is 26.0. The van der Waals surface area contributed by atoms with Gasteiger partial charge in [-0.15, -0.1) is 0 Å². The summed E-state index contributed by atoms with van der Waals surface area (Å²) >= 11 is 5.95. The predicted molar refractivity (Wildman–Crippen MR) is 95.7 cm³/mol. The summed E-state index contributed by atoms with van der Waals surface area (Å²) in [6, 6.07) is 13.6. The number of carbonyl (C=O) groups is 1. The molecule has 2 aromatic carbocycles. The van der Waals surface area contributed by atoms with Crippen LogP contribution in [0.15, 0.2) is 53.4 Å². The van der Waals surface area contributed by atoms with Crippen LogP contribution in [0.25, 0.3) is 0 Å². The molecule has 1 N–H and O–H groups in total. The fraction of sp³-hybridized carbons (Fsp3) is 0.235. The highest BCUT2D eigenvalue weighted by Gasteiger charge is 2.25. The lowest BCUT2D eigenvalue weighted by atomic mass is 10.1. The third kappa shape index (κ3) is 4.14. The Kier molecular flexibility index (Phi) is 5.99. The van der Waals surface area contributed by atoms with Crippen molar-refractivity contribution >= 4 is 33.2 Å². The number of halogens is 1. The SMILES string of the molecule is CCc1ccccc1NC(=O)CN(C)S(=O)(=O)c1ccccc1Cl. The summed E-state index contributed by atoms with van der Waals surface area (Å²) in [5.74, 6) is -0.408. The van der Waals surface area contributed by atoms with Gasteiger partial charge in [-0.25, -0.2) is 8.42 Å². The third-order valence-electron chi connectivity index (χ3n) is 3.56. The van der Waals surface area contributed by atoms with Gasteiger partial charge in [-0.2, -0.15) is 4.31 Å². The van der Waals surface area contributed by atoms with Gasteiger partial charge in [0, 0.05) is 12.7 Å². The van der Waals surface area contributed by atoms with E-state index < -0.39 is 15.9 Å². The zero-order valence-electron chi connectivity index (χ0n) is 13.5. The number of amides is 1. The van der Waals surface area contributed by atoms with E-state index in [1.165, 1.54) is 19.2 Å². The van der Waals surface area contributed by atoms with E-state index in [1.54, 1.807) is 18.2 Å². The standard InChI is InChI=1S/C17H19ClN2O3S/c1-3-13-8-4-6-10-15(13)19-17(21)12-20(2)24(22,23)16-11-7-5-9-14(16)18/h4-11H,3,12H2,1-2H3,(H,19,21). The molecule has 2 aromatic rings. The maximum absolute atomic E-state index is 12.5. The lowest BCUT2D eigenvalue weighted by molar-refractivity contribution is -0.116. The van der Waals surface area contributed by atoms with E-state index in [9.17, 15) is 13.2 Å². The van der Waals surface area contributed by atoms with Gasteiger partial charge in [0.15, 0.2) is 0 Å². The van der Waals surface area contributed by atoms with E-state index in [-0.39, 0.29) is 16.5 Å². The van der Waals surface area contributed by atoms with E-state index in [4.69, 9.17) is 11.6 Å². The Morgan fingerprint density at radius 3 is 2.42 bits per heavy atom. The van der Waals surface area contributed by atoms with Crippen LogP contribution in [-0.2, 0) is 21.2 Å². The Morgan fingerprint density at radius 1 is 1.12 bits per heavy atom. The summed E-state index contributed by atoms with van der Waals surface area (Å²) in [5.41, 5.74) is 1.68. The van der Waals surface area contributed by atoms with Crippen LogP contribution in [0.3, 0.4) is 0 Å². The van der Waals surface area contributed by atoms with Crippen molar-refractivity contribution in [3.63, 3.8) is 0 Å². The molecule has 0 heterocycles. The van der Waals surface area contributed by atoms with Gasteiger partial charge in [0.2, 0.25) is 15.9 Å². The van der Waals surface area contributed by atoms with Crippen molar-refractivity contribution in [2.75, 3.05) is 18.9 Å². The minimum Gasteiger partial charge on any atom is -0.325 e. The van der Waals surface area contributed by atoms with Crippen LogP contribution in [0.1, 0.15) is 12.5 Å². The van der Waals surface area contributed by atoms with Crippen molar-refractivity contribution in [2.24, 2.45) is 0 Å². The van der Waals surface area contributed by atoms with Gasteiger partial charge < -0.3 is 5.32 Å². The molecule has 0 unspecified atom stereocenters. The smallest absolute Gasteiger partial charge is 0.244 e. The molecule has 0 radical (unpaired) electrons. The van der Waals surface area contributed by atoms with E-state index in [0.29, 0.717) is 5.69 Å². The average molecular weight is 367 g/mol. The molecular formula is C17H19ClN2O3S. The number of hydrogen-bond acceptors (Lipinski definition) is 3. The summed E-state index contributed by atoms with van der Waals surface area (Å²) in [6.45, 7) is 1.69. The van der Waals surface area contributed by atoms with E-state index in [1.807, 2.05) is 25.1 Å². The van der Waals surface area contributed by atoms with Gasteiger partial charge in [-0.3, -0.25) is 4.79 Å². The second-order valence-electron chi connectivity index (χ2n) is 5.25. The Bertz CT molecular complexity index is 837. The second-order valence-corrected chi connectivity index (χ2v) is 7.67. The maximum atomic E-state index is 12.5. The Hall–Kier alpha value is -1.89. The molecule has 0 atom stereocenters. The maximum Gasteiger partial charge on any atom is 0.244 e. The Morgan fingerprint density at radius 2 is 1.75 bits per heavy atom. The molecule has 0 saturated heterocycles. The van der Waals surface area contributed by atoms with Gasteiger partial charge in [-0.1, -0.05) is 48.9 Å². The Balaban J connectivity index is 2.13. The summed E-state index contributed by atoms with van der Waals surface area (Å²) in [5, 5.41) is 2.88. The number of nitrogens with zero attached hydrogens (tertiary/aromatic N) is 1. The number of rotatable bonds is 6. The molecule has 24 heavy (non-hydrogen) atoms. The van der Waals surface area contributed by atoms with Crippen molar-refractivity contribution in [1.82, 2.24) is 4.31 Å². The first kappa shape index (κ1) is 18.4. The van der Waals surface area contributed by atoms with Crippen molar-refractivity contribution in [3.05, 3.63) is 59.1 Å². The highest BCUT2D eigenvalue weighted by Crippen LogP contribution is 2.23. The van der Waals surface area contributed by atoms with Crippen LogP contribution in [-0.4, -0.2) is 32.2 Å². The number of nitrogens with one attached hydrogen (secondary N) is 1. The van der Waals surface area contributed by atoms with Crippen LogP contribution in [0.5, 0.6) is 0 Å². The minimum atomic E-state index is -3.83. The first-order chi connectivity index (χ1) is 11.4. The van der Waals surface area contributed by atoms with Gasteiger partial charge >= 0.3 is 0 Å². The van der Waals surface area contributed by atoms with Crippen LogP contribution >= 0.6 is 11.6 Å². The first-order valence-electron chi connectivity index (χ1n) is 7.45. The molecule has 2 rings (SSSR count). The van der Waals surface area contributed by atoms with Gasteiger partial charge in [0.05, 0.1) is 11.6 Å². The number of carbonyl (C=O) groups excluding carboxylic acids is 1. The van der Waals surface area contributed by atoms with Gasteiger partial charge in [0.25, 0.3) is 0 Å². The molecule has 0 bridgehead atoms. The Labute approximate surface area is 147 Å². The third-order valence-corrected chi connectivity index (χ3v) is 5.87. The minimum absolute atomic E-state index is 0.0177. The van der Waals surface area contributed by atoms with Crippen molar-refractivity contribution in [3.8, 4) is 0 Å². The monoisotopic (exact) mass is 366 g/mol. The number of aryl methyl sites for hydroxylation is 1. The zero-order chi connectivity index (χ0) is 17.7. The van der Waals surface area contributed by atoms with Crippen LogP contribution in [0, 0.1) is 0 Å². The lowest BCUT2D eigenvalue weighted by Gasteiger charge is -2.18. The van der Waals surface area contributed by atoms with Crippen LogP contribution in [0.2, 0.25) is 5.02 Å². The average Bonchev–Trinajstić information content (AvgIpc) is 2.55. The molecule has 0 aliphatic carbocycles. The van der Waals surface area contributed by atoms with Crippen molar-refractivity contribution in [1.29, 1.82) is 0 Å².